The van der Waals surface area contributed by atoms with Crippen LogP contribution < -0.4 is 5.32 Å². The van der Waals surface area contributed by atoms with Gasteiger partial charge in [-0.25, -0.2) is 4.98 Å². The summed E-state index contributed by atoms with van der Waals surface area (Å²) in [4.78, 5) is 4.33. The zero-order valence-corrected chi connectivity index (χ0v) is 11.4. The van der Waals surface area contributed by atoms with Crippen LogP contribution in [0.15, 0.2) is 36.7 Å². The van der Waals surface area contributed by atoms with Gasteiger partial charge in [0.15, 0.2) is 0 Å². The first-order chi connectivity index (χ1) is 8.68. The van der Waals surface area contributed by atoms with Gasteiger partial charge in [0.1, 0.15) is 5.82 Å². The summed E-state index contributed by atoms with van der Waals surface area (Å²) in [6, 6.07) is 8.91. The van der Waals surface area contributed by atoms with E-state index in [0.717, 1.165) is 18.8 Å². The number of nitrogens with zero attached hydrogens (tertiary/aromatic N) is 2. The van der Waals surface area contributed by atoms with Crippen LogP contribution in [0.2, 0.25) is 0 Å². The molecule has 0 amide bonds. The van der Waals surface area contributed by atoms with Gasteiger partial charge in [0.05, 0.1) is 0 Å². The lowest BCUT2D eigenvalue weighted by atomic mass is 10.0. The molecule has 2 rings (SSSR count). The Bertz CT molecular complexity index is 502. The number of hydrogen-bond donors (Lipinski definition) is 1. The fraction of sp³-hybridized carbons (Fsp3) is 0.400. The van der Waals surface area contributed by atoms with Gasteiger partial charge < -0.3 is 9.88 Å². The molecule has 0 aliphatic heterocycles. The summed E-state index contributed by atoms with van der Waals surface area (Å²) in [6.45, 7) is 5.31. The molecule has 96 valence electrons. The molecule has 0 bridgehead atoms. The summed E-state index contributed by atoms with van der Waals surface area (Å²) in [6.07, 6.45) is 4.79. The molecular weight excluding hydrogens is 222 g/mol. The van der Waals surface area contributed by atoms with Crippen molar-refractivity contribution in [2.75, 3.05) is 6.54 Å². The van der Waals surface area contributed by atoms with Gasteiger partial charge in [-0.1, -0.05) is 24.3 Å². The van der Waals surface area contributed by atoms with Crippen LogP contribution in [0, 0.1) is 6.92 Å². The van der Waals surface area contributed by atoms with Crippen molar-refractivity contribution in [1.82, 2.24) is 14.9 Å². The van der Waals surface area contributed by atoms with Gasteiger partial charge in [-0.2, -0.15) is 0 Å². The normalized spacial score (nSPS) is 12.6. The highest BCUT2D eigenvalue weighted by atomic mass is 15.0. The van der Waals surface area contributed by atoms with E-state index in [1.165, 1.54) is 11.1 Å². The van der Waals surface area contributed by atoms with Crippen molar-refractivity contribution in [2.45, 2.75) is 26.3 Å². The maximum absolute atomic E-state index is 4.33. The second kappa shape index (κ2) is 5.83. The van der Waals surface area contributed by atoms with E-state index in [9.17, 15) is 0 Å². The highest BCUT2D eigenvalue weighted by Crippen LogP contribution is 2.16. The summed E-state index contributed by atoms with van der Waals surface area (Å²) < 4.78 is 2.07. The van der Waals surface area contributed by atoms with Crippen LogP contribution in [0.5, 0.6) is 0 Å². The van der Waals surface area contributed by atoms with E-state index >= 15 is 0 Å². The minimum Gasteiger partial charge on any atom is -0.338 e. The molecule has 0 aliphatic rings. The number of benzene rings is 1. The standard InChI is InChI=1S/C15H21N3/c1-12-6-4-5-7-14(12)13(2)16-9-8-15-17-10-11-18(15)3/h4-7,10-11,13,16H,8-9H2,1-3H3/t13-/m0/s1. The third-order valence-electron chi connectivity index (χ3n) is 3.38. The number of nitrogens with one attached hydrogen (secondary N) is 1. The minimum absolute atomic E-state index is 0.381. The van der Waals surface area contributed by atoms with Crippen molar-refractivity contribution in [3.63, 3.8) is 0 Å². The maximum Gasteiger partial charge on any atom is 0.109 e. The van der Waals surface area contributed by atoms with Crippen LogP contribution in [0.3, 0.4) is 0 Å². The summed E-state index contributed by atoms with van der Waals surface area (Å²) >= 11 is 0. The number of aromatic nitrogens is 2. The zero-order chi connectivity index (χ0) is 13.0. The first-order valence-corrected chi connectivity index (χ1v) is 6.43. The molecule has 1 aromatic carbocycles. The number of rotatable bonds is 5. The molecule has 1 heterocycles. The van der Waals surface area contributed by atoms with Crippen LogP contribution in [0.25, 0.3) is 0 Å². The Balaban J connectivity index is 1.87. The van der Waals surface area contributed by atoms with Crippen LogP contribution in [0.4, 0.5) is 0 Å². The molecule has 0 unspecified atom stereocenters. The topological polar surface area (TPSA) is 29.9 Å². The van der Waals surface area contributed by atoms with E-state index < -0.39 is 0 Å². The molecule has 0 fully saturated rings. The molecular formula is C15H21N3. The van der Waals surface area contributed by atoms with Gasteiger partial charge in [0.2, 0.25) is 0 Å². The number of hydrogen-bond acceptors (Lipinski definition) is 2. The summed E-state index contributed by atoms with van der Waals surface area (Å²) in [5, 5.41) is 3.55. The Morgan fingerprint density at radius 3 is 2.78 bits per heavy atom. The van der Waals surface area contributed by atoms with Gasteiger partial charge in [0.25, 0.3) is 0 Å². The molecule has 0 aliphatic carbocycles. The highest BCUT2D eigenvalue weighted by Gasteiger charge is 2.07. The smallest absolute Gasteiger partial charge is 0.109 e. The second-order valence-corrected chi connectivity index (χ2v) is 4.74. The van der Waals surface area contributed by atoms with Crippen LogP contribution in [0.1, 0.15) is 29.9 Å². The predicted molar refractivity (Wildman–Crippen MR) is 74.5 cm³/mol. The molecule has 0 saturated carbocycles. The van der Waals surface area contributed by atoms with Gasteiger partial charge in [-0.3, -0.25) is 0 Å². The molecule has 0 saturated heterocycles. The van der Waals surface area contributed by atoms with E-state index in [2.05, 4.69) is 53.0 Å². The third kappa shape index (κ3) is 2.99. The quantitative estimate of drug-likeness (QED) is 0.875. The average molecular weight is 243 g/mol. The van der Waals surface area contributed by atoms with Crippen molar-refractivity contribution in [1.29, 1.82) is 0 Å². The Morgan fingerprint density at radius 2 is 2.11 bits per heavy atom. The molecule has 2 aromatic rings. The van der Waals surface area contributed by atoms with Crippen molar-refractivity contribution in [2.24, 2.45) is 7.05 Å². The van der Waals surface area contributed by atoms with E-state index in [0.29, 0.717) is 6.04 Å². The summed E-state index contributed by atoms with van der Waals surface area (Å²) in [5.41, 5.74) is 2.71. The van der Waals surface area contributed by atoms with Gasteiger partial charge in [-0.15, -0.1) is 0 Å². The molecule has 0 radical (unpaired) electrons. The largest absolute Gasteiger partial charge is 0.338 e. The van der Waals surface area contributed by atoms with Crippen molar-refractivity contribution < 1.29 is 0 Å². The van der Waals surface area contributed by atoms with E-state index in [-0.39, 0.29) is 0 Å². The first kappa shape index (κ1) is 12.8. The fourth-order valence-corrected chi connectivity index (χ4v) is 2.22. The van der Waals surface area contributed by atoms with Gasteiger partial charge >= 0.3 is 0 Å². The SMILES string of the molecule is Cc1ccccc1[C@H](C)NCCc1nccn1C. The molecule has 0 spiro atoms. The van der Waals surface area contributed by atoms with Crippen molar-refractivity contribution in [3.8, 4) is 0 Å². The average Bonchev–Trinajstić information content (AvgIpc) is 2.75. The highest BCUT2D eigenvalue weighted by molar-refractivity contribution is 5.28. The van der Waals surface area contributed by atoms with E-state index in [1.807, 2.05) is 19.4 Å². The van der Waals surface area contributed by atoms with Gasteiger partial charge in [0, 0.05) is 38.4 Å². The molecule has 3 nitrogen and oxygen atoms in total. The molecule has 1 N–H and O–H groups in total. The Labute approximate surface area is 109 Å². The third-order valence-corrected chi connectivity index (χ3v) is 3.38. The fourth-order valence-electron chi connectivity index (χ4n) is 2.22. The monoisotopic (exact) mass is 243 g/mol. The van der Waals surface area contributed by atoms with Crippen LogP contribution in [-0.4, -0.2) is 16.1 Å². The number of aryl methyl sites for hydroxylation is 2. The molecule has 18 heavy (non-hydrogen) atoms. The van der Waals surface area contributed by atoms with E-state index in [4.69, 9.17) is 0 Å². The lowest BCUT2D eigenvalue weighted by molar-refractivity contribution is 0.563. The maximum atomic E-state index is 4.33. The molecule has 1 atom stereocenters. The minimum atomic E-state index is 0.381. The molecule has 1 aromatic heterocycles. The van der Waals surface area contributed by atoms with Crippen LogP contribution in [-0.2, 0) is 13.5 Å². The predicted octanol–water partition coefficient (Wildman–Crippen LogP) is 2.62. The van der Waals surface area contributed by atoms with Crippen LogP contribution >= 0.6 is 0 Å². The second-order valence-electron chi connectivity index (χ2n) is 4.74. The Morgan fingerprint density at radius 1 is 1.33 bits per heavy atom. The lowest BCUT2D eigenvalue weighted by Crippen LogP contribution is -2.22. The van der Waals surface area contributed by atoms with Crippen molar-refractivity contribution >= 4 is 0 Å². The summed E-state index contributed by atoms with van der Waals surface area (Å²) in [7, 11) is 2.03. The number of imidazole rings is 1. The lowest BCUT2D eigenvalue weighted by Gasteiger charge is -2.16. The van der Waals surface area contributed by atoms with E-state index in [1.54, 1.807) is 0 Å². The Kier molecular flexibility index (Phi) is 4.15. The summed E-state index contributed by atoms with van der Waals surface area (Å²) in [5.74, 6) is 1.12. The van der Waals surface area contributed by atoms with Gasteiger partial charge in [-0.05, 0) is 25.0 Å². The Hall–Kier alpha value is -1.61. The van der Waals surface area contributed by atoms with Crippen molar-refractivity contribution in [3.05, 3.63) is 53.6 Å². The first-order valence-electron chi connectivity index (χ1n) is 6.43. The molecule has 3 heteroatoms. The zero-order valence-electron chi connectivity index (χ0n) is 11.4.